The molecule has 1 saturated heterocycles. The fraction of sp³-hybridized carbons (Fsp3) is 0.233. The van der Waals surface area contributed by atoms with Gasteiger partial charge in [0.2, 0.25) is 15.9 Å². The molecule has 4 aromatic carbocycles. The first-order chi connectivity index (χ1) is 18.0. The maximum atomic E-state index is 13.0. The number of rotatable bonds is 8. The van der Waals surface area contributed by atoms with E-state index in [1.54, 1.807) is 12.1 Å². The van der Waals surface area contributed by atoms with Crippen LogP contribution in [0.1, 0.15) is 23.5 Å². The Balaban J connectivity index is 1.24. The Morgan fingerprint density at radius 1 is 0.838 bits per heavy atom. The van der Waals surface area contributed by atoms with Crippen molar-refractivity contribution < 1.29 is 13.2 Å². The molecule has 5 rings (SSSR count). The summed E-state index contributed by atoms with van der Waals surface area (Å²) in [5, 5.41) is 5.13. The summed E-state index contributed by atoms with van der Waals surface area (Å²) in [6.07, 6.45) is 0.655. The van der Waals surface area contributed by atoms with Crippen LogP contribution in [-0.2, 0) is 14.8 Å². The largest absolute Gasteiger partial charge is 0.341 e. The molecule has 1 atom stereocenters. The van der Waals surface area contributed by atoms with Crippen LogP contribution in [0.4, 0.5) is 0 Å². The fourth-order valence-electron chi connectivity index (χ4n) is 4.87. The maximum absolute atomic E-state index is 13.0. The normalized spacial score (nSPS) is 16.7. The first-order valence-electron chi connectivity index (χ1n) is 12.6. The highest BCUT2D eigenvalue weighted by Crippen LogP contribution is 2.26. The van der Waals surface area contributed by atoms with Gasteiger partial charge in [0.1, 0.15) is 0 Å². The lowest BCUT2D eigenvalue weighted by Crippen LogP contribution is -2.42. The number of nitrogens with one attached hydrogen (secondary N) is 2. The molecular weight excluding hydrogens is 482 g/mol. The molecule has 1 aliphatic heterocycles. The van der Waals surface area contributed by atoms with Crippen LogP contribution >= 0.6 is 0 Å². The molecular formula is C30H31N3O3S. The summed E-state index contributed by atoms with van der Waals surface area (Å²) in [7, 11) is -3.67. The molecule has 0 radical (unpaired) electrons. The van der Waals surface area contributed by atoms with E-state index in [0.717, 1.165) is 10.8 Å². The molecule has 2 N–H and O–H groups in total. The van der Waals surface area contributed by atoms with E-state index >= 15 is 0 Å². The molecule has 1 amide bonds. The van der Waals surface area contributed by atoms with Crippen LogP contribution in [0.25, 0.3) is 10.8 Å². The molecule has 7 heteroatoms. The first kappa shape index (κ1) is 25.1. The number of hydrogen-bond donors (Lipinski definition) is 2. The van der Waals surface area contributed by atoms with E-state index in [-0.39, 0.29) is 35.9 Å². The molecule has 0 spiro atoms. The van der Waals surface area contributed by atoms with Crippen molar-refractivity contribution in [1.82, 2.24) is 14.9 Å². The van der Waals surface area contributed by atoms with Gasteiger partial charge in [0.25, 0.3) is 0 Å². The van der Waals surface area contributed by atoms with Crippen LogP contribution in [0.15, 0.2) is 108 Å². The van der Waals surface area contributed by atoms with Crippen LogP contribution in [0.3, 0.4) is 0 Å². The number of amides is 1. The van der Waals surface area contributed by atoms with Gasteiger partial charge in [0.15, 0.2) is 0 Å². The number of fused-ring (bicyclic) bond motifs is 1. The van der Waals surface area contributed by atoms with Crippen LogP contribution in [-0.4, -0.2) is 51.4 Å². The Hall–Kier alpha value is -3.52. The molecule has 1 aliphatic rings. The molecule has 4 aromatic rings. The minimum atomic E-state index is -3.67. The standard InChI is InChI=1S/C30H31N3O3S/c34-30-21-31-27(20-32-37(35,36)28-16-15-23-9-7-8-14-26(23)19-28)17-18-33(30)22-29(24-10-3-1-4-11-24)25-12-5-2-6-13-25/h1-16,19,27,29,31-32H,17-18,20-22H2/t27-/m0/s1. The fourth-order valence-corrected chi connectivity index (χ4v) is 5.99. The lowest BCUT2D eigenvalue weighted by Gasteiger charge is -2.27. The van der Waals surface area contributed by atoms with Crippen LogP contribution < -0.4 is 10.0 Å². The third kappa shape index (κ3) is 6.07. The van der Waals surface area contributed by atoms with Crippen LogP contribution in [0.5, 0.6) is 0 Å². The van der Waals surface area contributed by atoms with E-state index in [1.165, 1.54) is 11.1 Å². The Labute approximate surface area is 218 Å². The molecule has 1 fully saturated rings. The van der Waals surface area contributed by atoms with Crippen molar-refractivity contribution in [3.8, 4) is 0 Å². The molecule has 0 aromatic heterocycles. The monoisotopic (exact) mass is 513 g/mol. The molecule has 190 valence electrons. The summed E-state index contributed by atoms with van der Waals surface area (Å²) in [4.78, 5) is 15.2. The van der Waals surface area contributed by atoms with Crippen molar-refractivity contribution in [2.24, 2.45) is 0 Å². The SMILES string of the molecule is O=C1CN[C@H](CNS(=O)(=O)c2ccc3ccccc3c2)CCN1CC(c1ccccc1)c1ccccc1. The number of carbonyl (C=O) groups excluding carboxylic acids is 1. The van der Waals surface area contributed by atoms with Gasteiger partial charge in [-0.05, 0) is 40.5 Å². The van der Waals surface area contributed by atoms with Crippen molar-refractivity contribution in [3.05, 3.63) is 114 Å². The molecule has 1 heterocycles. The summed E-state index contributed by atoms with van der Waals surface area (Å²) >= 11 is 0. The second-order valence-electron chi connectivity index (χ2n) is 9.44. The summed E-state index contributed by atoms with van der Waals surface area (Å²) in [6.45, 7) is 1.53. The second-order valence-corrected chi connectivity index (χ2v) is 11.2. The minimum absolute atomic E-state index is 0.0248. The minimum Gasteiger partial charge on any atom is -0.341 e. The van der Waals surface area contributed by atoms with Gasteiger partial charge in [-0.25, -0.2) is 13.1 Å². The molecule has 0 saturated carbocycles. The predicted molar refractivity (Wildman–Crippen MR) is 147 cm³/mol. The summed E-state index contributed by atoms with van der Waals surface area (Å²) < 4.78 is 28.7. The highest BCUT2D eigenvalue weighted by molar-refractivity contribution is 7.89. The summed E-state index contributed by atoms with van der Waals surface area (Å²) in [5.41, 5.74) is 2.33. The zero-order chi connectivity index (χ0) is 25.7. The van der Waals surface area contributed by atoms with Crippen molar-refractivity contribution in [2.45, 2.75) is 23.3 Å². The van der Waals surface area contributed by atoms with Gasteiger partial charge in [0, 0.05) is 31.6 Å². The molecule has 37 heavy (non-hydrogen) atoms. The van der Waals surface area contributed by atoms with Crippen LogP contribution in [0, 0.1) is 0 Å². The van der Waals surface area contributed by atoms with Gasteiger partial charge in [0.05, 0.1) is 11.4 Å². The van der Waals surface area contributed by atoms with E-state index in [9.17, 15) is 13.2 Å². The van der Waals surface area contributed by atoms with E-state index < -0.39 is 10.0 Å². The highest BCUT2D eigenvalue weighted by Gasteiger charge is 2.27. The highest BCUT2D eigenvalue weighted by atomic mass is 32.2. The van der Waals surface area contributed by atoms with Crippen molar-refractivity contribution in [3.63, 3.8) is 0 Å². The Morgan fingerprint density at radius 3 is 2.14 bits per heavy atom. The number of sulfonamides is 1. The Bertz CT molecular complexity index is 1420. The molecule has 0 aliphatic carbocycles. The zero-order valence-corrected chi connectivity index (χ0v) is 21.4. The average Bonchev–Trinajstić information content (AvgIpc) is 3.12. The zero-order valence-electron chi connectivity index (χ0n) is 20.6. The van der Waals surface area contributed by atoms with Crippen LogP contribution in [0.2, 0.25) is 0 Å². The number of hydrogen-bond acceptors (Lipinski definition) is 4. The Morgan fingerprint density at radius 2 is 1.46 bits per heavy atom. The van der Waals surface area contributed by atoms with E-state index in [2.05, 4.69) is 34.3 Å². The predicted octanol–water partition coefficient (Wildman–Crippen LogP) is 4.14. The lowest BCUT2D eigenvalue weighted by molar-refractivity contribution is -0.129. The van der Waals surface area contributed by atoms with Crippen molar-refractivity contribution >= 4 is 26.7 Å². The van der Waals surface area contributed by atoms with Gasteiger partial charge < -0.3 is 10.2 Å². The second kappa shape index (κ2) is 11.3. The third-order valence-electron chi connectivity index (χ3n) is 7.00. The van der Waals surface area contributed by atoms with Crippen molar-refractivity contribution in [2.75, 3.05) is 26.2 Å². The van der Waals surface area contributed by atoms with Gasteiger partial charge in [-0.15, -0.1) is 0 Å². The number of carbonyl (C=O) groups is 1. The topological polar surface area (TPSA) is 78.5 Å². The smallest absolute Gasteiger partial charge is 0.240 e. The van der Waals surface area contributed by atoms with Crippen molar-refractivity contribution in [1.29, 1.82) is 0 Å². The summed E-state index contributed by atoms with van der Waals surface area (Å²) in [5.74, 6) is 0.0889. The van der Waals surface area contributed by atoms with E-state index in [0.29, 0.717) is 19.5 Å². The molecule has 6 nitrogen and oxygen atoms in total. The lowest BCUT2D eigenvalue weighted by atomic mass is 9.90. The van der Waals surface area contributed by atoms with E-state index in [1.807, 2.05) is 71.6 Å². The average molecular weight is 514 g/mol. The quantitative estimate of drug-likeness (QED) is 0.371. The first-order valence-corrected chi connectivity index (χ1v) is 14.1. The van der Waals surface area contributed by atoms with E-state index in [4.69, 9.17) is 0 Å². The number of benzene rings is 4. The van der Waals surface area contributed by atoms with Gasteiger partial charge in [-0.1, -0.05) is 91.0 Å². The maximum Gasteiger partial charge on any atom is 0.240 e. The molecule has 0 unspecified atom stereocenters. The Kier molecular flexibility index (Phi) is 7.65. The summed E-state index contributed by atoms with van der Waals surface area (Å²) in [6, 6.07) is 33.2. The van der Waals surface area contributed by atoms with Gasteiger partial charge in [-0.2, -0.15) is 0 Å². The number of nitrogens with zero attached hydrogens (tertiary/aromatic N) is 1. The van der Waals surface area contributed by atoms with Gasteiger partial charge >= 0.3 is 0 Å². The molecule has 0 bridgehead atoms. The van der Waals surface area contributed by atoms with Gasteiger partial charge in [-0.3, -0.25) is 4.79 Å². The third-order valence-corrected chi connectivity index (χ3v) is 8.42.